The molecule has 0 aromatic heterocycles. The summed E-state index contributed by atoms with van der Waals surface area (Å²) < 4.78 is 0. The molecule has 1 amide bonds. The Morgan fingerprint density at radius 3 is 2.87 bits per heavy atom. The number of nitrogens with zero attached hydrogens (tertiary/aromatic N) is 1. The first-order chi connectivity index (χ1) is 7.09. The minimum atomic E-state index is -0.174. The lowest BCUT2D eigenvalue weighted by Crippen LogP contribution is -2.51. The van der Waals surface area contributed by atoms with E-state index in [1.165, 1.54) is 12.0 Å². The van der Waals surface area contributed by atoms with Crippen molar-refractivity contribution in [1.29, 1.82) is 0 Å². The summed E-state index contributed by atoms with van der Waals surface area (Å²) in [4.78, 5) is 13.9. The second-order valence-electron chi connectivity index (χ2n) is 5.05. The zero-order valence-corrected chi connectivity index (χ0v) is 9.46. The topological polar surface area (TPSA) is 46.3 Å². The zero-order chi connectivity index (χ0) is 10.9. The standard InChI is InChI=1S/C12H20N2O/c1-10-4-2-7-14(9-10)11(15)8-12(13)5-3-6-12/h4H,2-3,5-9,13H2,1H3. The SMILES string of the molecule is CC1=CCCN(C(=O)CC2(N)CCC2)C1. The molecule has 1 aliphatic heterocycles. The fourth-order valence-corrected chi connectivity index (χ4v) is 2.34. The molecule has 2 N–H and O–H groups in total. The number of hydrogen-bond donors (Lipinski definition) is 1. The van der Waals surface area contributed by atoms with Gasteiger partial charge in [0.05, 0.1) is 0 Å². The lowest BCUT2D eigenvalue weighted by molar-refractivity contribution is -0.133. The van der Waals surface area contributed by atoms with Crippen molar-refractivity contribution >= 4 is 5.91 Å². The molecule has 2 aliphatic rings. The van der Waals surface area contributed by atoms with Crippen LogP contribution in [0, 0.1) is 0 Å². The Morgan fingerprint density at radius 1 is 1.60 bits per heavy atom. The molecule has 0 aromatic carbocycles. The average molecular weight is 208 g/mol. The maximum atomic E-state index is 12.0. The van der Waals surface area contributed by atoms with Gasteiger partial charge in [0, 0.05) is 25.0 Å². The molecule has 0 saturated heterocycles. The van der Waals surface area contributed by atoms with Gasteiger partial charge < -0.3 is 10.6 Å². The summed E-state index contributed by atoms with van der Waals surface area (Å²) >= 11 is 0. The molecule has 1 saturated carbocycles. The minimum absolute atomic E-state index is 0.174. The summed E-state index contributed by atoms with van der Waals surface area (Å²) in [6.07, 6.45) is 6.96. The van der Waals surface area contributed by atoms with Crippen molar-refractivity contribution in [3.63, 3.8) is 0 Å². The first kappa shape index (κ1) is 10.7. The van der Waals surface area contributed by atoms with Crippen molar-refractivity contribution in [1.82, 2.24) is 4.90 Å². The molecule has 0 radical (unpaired) electrons. The molecule has 3 heteroatoms. The Balaban J connectivity index is 1.88. The summed E-state index contributed by atoms with van der Waals surface area (Å²) in [5, 5.41) is 0. The molecule has 3 nitrogen and oxygen atoms in total. The maximum Gasteiger partial charge on any atom is 0.224 e. The van der Waals surface area contributed by atoms with E-state index >= 15 is 0 Å². The van der Waals surface area contributed by atoms with Crippen LogP contribution in [-0.2, 0) is 4.79 Å². The summed E-state index contributed by atoms with van der Waals surface area (Å²) in [5.74, 6) is 0.240. The van der Waals surface area contributed by atoms with Gasteiger partial charge in [-0.05, 0) is 32.6 Å². The summed E-state index contributed by atoms with van der Waals surface area (Å²) in [6, 6.07) is 0. The second-order valence-corrected chi connectivity index (χ2v) is 5.05. The lowest BCUT2D eigenvalue weighted by atomic mass is 9.75. The number of hydrogen-bond acceptors (Lipinski definition) is 2. The smallest absolute Gasteiger partial charge is 0.224 e. The van der Waals surface area contributed by atoms with Crippen LogP contribution in [0.1, 0.15) is 39.0 Å². The molecule has 0 spiro atoms. The summed E-state index contributed by atoms with van der Waals surface area (Å²) in [7, 11) is 0. The third-order valence-corrected chi connectivity index (χ3v) is 3.54. The number of carbonyl (C=O) groups excluding carboxylic acids is 1. The molecule has 2 rings (SSSR count). The quantitative estimate of drug-likeness (QED) is 0.698. The number of carbonyl (C=O) groups is 1. The van der Waals surface area contributed by atoms with Crippen molar-refractivity contribution < 1.29 is 4.79 Å². The molecule has 15 heavy (non-hydrogen) atoms. The predicted molar refractivity (Wildman–Crippen MR) is 60.3 cm³/mol. The van der Waals surface area contributed by atoms with Crippen LogP contribution >= 0.6 is 0 Å². The average Bonchev–Trinajstić information content (AvgIpc) is 2.15. The predicted octanol–water partition coefficient (Wildman–Crippen LogP) is 1.44. The van der Waals surface area contributed by atoms with Crippen LogP contribution in [0.15, 0.2) is 11.6 Å². The van der Waals surface area contributed by atoms with Gasteiger partial charge in [0.15, 0.2) is 0 Å². The molecular formula is C12H20N2O. The molecule has 0 atom stereocenters. The fraction of sp³-hybridized carbons (Fsp3) is 0.750. The number of amides is 1. The van der Waals surface area contributed by atoms with Gasteiger partial charge in [0.1, 0.15) is 0 Å². The molecule has 84 valence electrons. The van der Waals surface area contributed by atoms with Crippen LogP contribution in [0.4, 0.5) is 0 Å². The van der Waals surface area contributed by atoms with Crippen molar-refractivity contribution in [2.75, 3.05) is 13.1 Å². The van der Waals surface area contributed by atoms with Crippen LogP contribution in [0.3, 0.4) is 0 Å². The van der Waals surface area contributed by atoms with Crippen molar-refractivity contribution in [2.45, 2.75) is 44.6 Å². The van der Waals surface area contributed by atoms with Crippen LogP contribution in [-0.4, -0.2) is 29.4 Å². The van der Waals surface area contributed by atoms with Gasteiger partial charge in [-0.25, -0.2) is 0 Å². The second kappa shape index (κ2) is 3.97. The van der Waals surface area contributed by atoms with Crippen LogP contribution in [0.25, 0.3) is 0 Å². The third-order valence-electron chi connectivity index (χ3n) is 3.54. The molecule has 0 aromatic rings. The van der Waals surface area contributed by atoms with E-state index in [9.17, 15) is 4.79 Å². The van der Waals surface area contributed by atoms with Gasteiger partial charge in [0.25, 0.3) is 0 Å². The Labute approximate surface area is 91.3 Å². The first-order valence-corrected chi connectivity index (χ1v) is 5.81. The fourth-order valence-electron chi connectivity index (χ4n) is 2.34. The highest BCUT2D eigenvalue weighted by atomic mass is 16.2. The summed E-state index contributed by atoms with van der Waals surface area (Å²) in [5.41, 5.74) is 7.21. The normalized spacial score (nSPS) is 24.4. The largest absolute Gasteiger partial charge is 0.338 e. The van der Waals surface area contributed by atoms with E-state index in [-0.39, 0.29) is 11.4 Å². The Hall–Kier alpha value is -0.830. The van der Waals surface area contributed by atoms with Crippen LogP contribution in [0.5, 0.6) is 0 Å². The van der Waals surface area contributed by atoms with Crippen molar-refractivity contribution in [2.24, 2.45) is 5.73 Å². The van der Waals surface area contributed by atoms with Crippen molar-refractivity contribution in [3.05, 3.63) is 11.6 Å². The first-order valence-electron chi connectivity index (χ1n) is 5.81. The van der Waals surface area contributed by atoms with E-state index in [4.69, 9.17) is 5.73 Å². The van der Waals surface area contributed by atoms with Gasteiger partial charge in [-0.1, -0.05) is 11.6 Å². The van der Waals surface area contributed by atoms with E-state index in [1.54, 1.807) is 0 Å². The van der Waals surface area contributed by atoms with E-state index < -0.39 is 0 Å². The van der Waals surface area contributed by atoms with Crippen LogP contribution < -0.4 is 5.73 Å². The highest BCUT2D eigenvalue weighted by Crippen LogP contribution is 2.32. The molecule has 1 heterocycles. The van der Waals surface area contributed by atoms with E-state index in [0.717, 1.165) is 32.4 Å². The highest BCUT2D eigenvalue weighted by Gasteiger charge is 2.36. The lowest BCUT2D eigenvalue weighted by Gasteiger charge is -2.39. The Bertz CT molecular complexity index is 292. The van der Waals surface area contributed by atoms with Gasteiger partial charge in [-0.15, -0.1) is 0 Å². The molecule has 1 fully saturated rings. The number of rotatable bonds is 2. The highest BCUT2D eigenvalue weighted by molar-refractivity contribution is 5.78. The molecule has 0 unspecified atom stereocenters. The van der Waals surface area contributed by atoms with E-state index in [2.05, 4.69) is 13.0 Å². The maximum absolute atomic E-state index is 12.0. The monoisotopic (exact) mass is 208 g/mol. The Morgan fingerprint density at radius 2 is 2.33 bits per heavy atom. The van der Waals surface area contributed by atoms with Crippen LogP contribution in [0.2, 0.25) is 0 Å². The number of nitrogens with two attached hydrogens (primary N) is 1. The summed E-state index contributed by atoms with van der Waals surface area (Å²) in [6.45, 7) is 3.75. The van der Waals surface area contributed by atoms with Gasteiger partial charge in [0.2, 0.25) is 5.91 Å². The van der Waals surface area contributed by atoms with Gasteiger partial charge in [-0.3, -0.25) is 4.79 Å². The minimum Gasteiger partial charge on any atom is -0.338 e. The van der Waals surface area contributed by atoms with E-state index in [0.29, 0.717) is 6.42 Å². The third kappa shape index (κ3) is 2.40. The van der Waals surface area contributed by atoms with Gasteiger partial charge in [-0.2, -0.15) is 0 Å². The van der Waals surface area contributed by atoms with Gasteiger partial charge >= 0.3 is 0 Å². The molecule has 0 bridgehead atoms. The van der Waals surface area contributed by atoms with Crippen molar-refractivity contribution in [3.8, 4) is 0 Å². The Kier molecular flexibility index (Phi) is 2.83. The molecule has 1 aliphatic carbocycles. The zero-order valence-electron chi connectivity index (χ0n) is 9.46. The van der Waals surface area contributed by atoms with E-state index in [1.807, 2.05) is 4.90 Å². The molecular weight excluding hydrogens is 188 g/mol.